The third kappa shape index (κ3) is 4.30. The number of hydrogen-bond acceptors (Lipinski definition) is 5. The number of ether oxygens (including phenoxy) is 2. The zero-order chi connectivity index (χ0) is 21.9. The van der Waals surface area contributed by atoms with Gasteiger partial charge in [0.15, 0.2) is 11.5 Å². The molecule has 0 radical (unpaired) electrons. The number of hydrogen-bond donors (Lipinski definition) is 2. The molecule has 1 aromatic heterocycles. The minimum atomic E-state index is -3.82. The predicted octanol–water partition coefficient (Wildman–Crippen LogP) is 0.0727. The number of rotatable bonds is 6. The van der Waals surface area contributed by atoms with Crippen LogP contribution in [0, 0.1) is 12.3 Å². The number of nitrogens with two attached hydrogens (primary N) is 1. The van der Waals surface area contributed by atoms with Crippen LogP contribution >= 0.6 is 0 Å². The summed E-state index contributed by atoms with van der Waals surface area (Å²) in [6.07, 6.45) is 6.86. The summed E-state index contributed by atoms with van der Waals surface area (Å²) in [5.74, 6) is 3.35. The number of terminal acetylenes is 1. The summed E-state index contributed by atoms with van der Waals surface area (Å²) in [6.45, 7) is 3.99. The molecule has 9 heteroatoms. The number of aromatic amines is 1. The van der Waals surface area contributed by atoms with Crippen LogP contribution < -0.4 is 30.7 Å². The smallest absolute Gasteiger partial charge is 0.279 e. The second-order valence-corrected chi connectivity index (χ2v) is 7.79. The van der Waals surface area contributed by atoms with Gasteiger partial charge in [0.1, 0.15) is 6.61 Å². The Morgan fingerprint density at radius 2 is 1.93 bits per heavy atom. The monoisotopic (exact) mass is 425 g/mol. The Hall–Kier alpha value is -3.74. The van der Waals surface area contributed by atoms with Gasteiger partial charge in [-0.2, -0.15) is 0 Å². The van der Waals surface area contributed by atoms with Crippen molar-refractivity contribution in [2.24, 2.45) is 5.14 Å². The number of benzene rings is 2. The molecule has 0 aliphatic rings. The van der Waals surface area contributed by atoms with Crippen molar-refractivity contribution < 1.29 is 17.9 Å². The van der Waals surface area contributed by atoms with E-state index in [0.29, 0.717) is 33.3 Å². The van der Waals surface area contributed by atoms with Gasteiger partial charge in [-0.25, -0.2) is 18.2 Å². The number of nitrogens with one attached hydrogen (secondary N) is 1. The summed E-state index contributed by atoms with van der Waals surface area (Å²) in [6, 6.07) is 10.8. The summed E-state index contributed by atoms with van der Waals surface area (Å²) in [7, 11) is -2.32. The number of primary sulfonamides is 1. The first-order valence-electron chi connectivity index (χ1n) is 8.64. The lowest BCUT2D eigenvalue weighted by molar-refractivity contribution is 0.331. The highest BCUT2D eigenvalue weighted by Gasteiger charge is 2.10. The first-order valence-corrected chi connectivity index (χ1v) is 10.2. The molecule has 0 saturated carbocycles. The average Bonchev–Trinajstić information content (AvgIpc) is 3.00. The van der Waals surface area contributed by atoms with Crippen LogP contribution in [-0.4, -0.2) is 31.9 Å². The standard InChI is InChI=1S/C21H19N3O5S/c1-4-11-29-19-10-5-15(13-20(19)28-3)12-18-14(2)23-24(21(18)25)16-6-8-17(9-7-16)30(22,26)27/h1,5-10,12-13,23H,2,11H2,3H3,(H2,22,26,27)/b18-12-. The van der Waals surface area contributed by atoms with Crippen LogP contribution in [0.5, 0.6) is 11.5 Å². The highest BCUT2D eigenvalue weighted by atomic mass is 32.2. The van der Waals surface area contributed by atoms with Crippen LogP contribution in [-0.2, 0) is 10.0 Å². The van der Waals surface area contributed by atoms with E-state index >= 15 is 0 Å². The Labute approximate surface area is 172 Å². The minimum absolute atomic E-state index is 0.0493. The molecule has 0 saturated heterocycles. The highest BCUT2D eigenvalue weighted by molar-refractivity contribution is 7.89. The first kappa shape index (κ1) is 21.0. The van der Waals surface area contributed by atoms with Gasteiger partial charge in [-0.1, -0.05) is 18.6 Å². The van der Waals surface area contributed by atoms with E-state index in [9.17, 15) is 13.2 Å². The molecule has 0 unspecified atom stereocenters. The zero-order valence-electron chi connectivity index (χ0n) is 16.1. The van der Waals surface area contributed by atoms with Gasteiger partial charge in [0.2, 0.25) is 10.0 Å². The van der Waals surface area contributed by atoms with Crippen molar-refractivity contribution in [1.29, 1.82) is 0 Å². The van der Waals surface area contributed by atoms with Crippen molar-refractivity contribution in [2.45, 2.75) is 4.90 Å². The lowest BCUT2D eigenvalue weighted by Gasteiger charge is -2.09. The fourth-order valence-corrected chi connectivity index (χ4v) is 3.31. The van der Waals surface area contributed by atoms with Gasteiger partial charge in [0.05, 0.1) is 28.3 Å². The maximum Gasteiger partial charge on any atom is 0.279 e. The van der Waals surface area contributed by atoms with E-state index in [0.717, 1.165) is 0 Å². The Kier molecular flexibility index (Phi) is 5.82. The number of aromatic nitrogens is 2. The topological polar surface area (TPSA) is 116 Å². The minimum Gasteiger partial charge on any atom is -0.493 e. The second-order valence-electron chi connectivity index (χ2n) is 6.23. The maximum atomic E-state index is 12.9. The van der Waals surface area contributed by atoms with Crippen LogP contribution in [0.2, 0.25) is 0 Å². The molecule has 3 aromatic rings. The Balaban J connectivity index is 2.04. The Bertz CT molecular complexity index is 1390. The van der Waals surface area contributed by atoms with Crippen LogP contribution in [0.4, 0.5) is 0 Å². The van der Waals surface area contributed by atoms with Gasteiger partial charge < -0.3 is 9.47 Å². The fraction of sp³-hybridized carbons (Fsp3) is 0.0952. The summed E-state index contributed by atoms with van der Waals surface area (Å²) in [5.41, 5.74) is 0.778. The summed E-state index contributed by atoms with van der Waals surface area (Å²) >= 11 is 0. The molecule has 0 fully saturated rings. The third-order valence-corrected chi connectivity index (χ3v) is 5.17. The molecule has 0 bridgehead atoms. The molecule has 0 amide bonds. The molecule has 0 aliphatic carbocycles. The molecule has 3 rings (SSSR count). The maximum absolute atomic E-state index is 12.9. The molecule has 0 aliphatic heterocycles. The Morgan fingerprint density at radius 3 is 2.53 bits per heavy atom. The van der Waals surface area contributed by atoms with Crippen LogP contribution in [0.3, 0.4) is 0 Å². The van der Waals surface area contributed by atoms with Crippen molar-refractivity contribution in [3.05, 3.63) is 68.9 Å². The second kappa shape index (κ2) is 8.32. The van der Waals surface area contributed by atoms with Gasteiger partial charge in [-0.3, -0.25) is 9.89 Å². The normalized spacial score (nSPS) is 11.8. The SMILES string of the molecule is C#CCOc1ccc(/C=c2/c(=C)[nH]n(-c3ccc(S(N)(=O)=O)cc3)c2=O)cc1OC. The molecule has 8 nitrogen and oxygen atoms in total. The fourth-order valence-electron chi connectivity index (χ4n) is 2.79. The lowest BCUT2D eigenvalue weighted by atomic mass is 10.1. The highest BCUT2D eigenvalue weighted by Crippen LogP contribution is 2.28. The number of nitrogens with zero attached hydrogens (tertiary/aromatic N) is 1. The molecular weight excluding hydrogens is 406 g/mol. The molecule has 154 valence electrons. The van der Waals surface area contributed by atoms with E-state index < -0.39 is 10.0 Å². The summed E-state index contributed by atoms with van der Waals surface area (Å²) in [5, 5.41) is 8.71. The van der Waals surface area contributed by atoms with Crippen LogP contribution in [0.1, 0.15) is 5.56 Å². The van der Waals surface area contributed by atoms with E-state index in [1.54, 1.807) is 24.3 Å². The van der Waals surface area contributed by atoms with Gasteiger partial charge in [0.25, 0.3) is 5.56 Å². The van der Waals surface area contributed by atoms with Crippen molar-refractivity contribution in [1.82, 2.24) is 9.78 Å². The molecule has 1 heterocycles. The van der Waals surface area contributed by atoms with Crippen molar-refractivity contribution >= 4 is 22.7 Å². The first-order chi connectivity index (χ1) is 14.2. The number of methoxy groups -OCH3 is 1. The van der Waals surface area contributed by atoms with Crippen LogP contribution in [0.25, 0.3) is 18.3 Å². The molecule has 3 N–H and O–H groups in total. The van der Waals surface area contributed by atoms with E-state index in [2.05, 4.69) is 17.6 Å². The number of H-pyrrole nitrogens is 1. The largest absolute Gasteiger partial charge is 0.493 e. The third-order valence-electron chi connectivity index (χ3n) is 4.24. The molecular formula is C21H19N3O5S. The quantitative estimate of drug-likeness (QED) is 0.543. The summed E-state index contributed by atoms with van der Waals surface area (Å²) < 4.78 is 34.8. The van der Waals surface area contributed by atoms with Crippen molar-refractivity contribution in [3.63, 3.8) is 0 Å². The zero-order valence-corrected chi connectivity index (χ0v) is 16.9. The van der Waals surface area contributed by atoms with E-state index in [1.807, 2.05) is 0 Å². The van der Waals surface area contributed by atoms with Gasteiger partial charge >= 0.3 is 0 Å². The van der Waals surface area contributed by atoms with Crippen molar-refractivity contribution in [2.75, 3.05) is 13.7 Å². The van der Waals surface area contributed by atoms with Gasteiger partial charge in [-0.15, -0.1) is 6.42 Å². The van der Waals surface area contributed by atoms with Gasteiger partial charge in [-0.05, 0) is 48.0 Å². The van der Waals surface area contributed by atoms with E-state index in [4.69, 9.17) is 21.0 Å². The van der Waals surface area contributed by atoms with Gasteiger partial charge in [0, 0.05) is 0 Å². The van der Waals surface area contributed by atoms with Crippen LogP contribution in [0.15, 0.2) is 52.2 Å². The van der Waals surface area contributed by atoms with E-state index in [-0.39, 0.29) is 17.1 Å². The number of sulfonamides is 1. The lowest BCUT2D eigenvalue weighted by Crippen LogP contribution is -2.33. The van der Waals surface area contributed by atoms with Crippen molar-refractivity contribution in [3.8, 4) is 29.5 Å². The molecule has 0 spiro atoms. The molecule has 0 atom stereocenters. The summed E-state index contributed by atoms with van der Waals surface area (Å²) in [4.78, 5) is 12.8. The van der Waals surface area contributed by atoms with E-state index in [1.165, 1.54) is 36.1 Å². The predicted molar refractivity (Wildman–Crippen MR) is 113 cm³/mol. The Morgan fingerprint density at radius 1 is 1.23 bits per heavy atom. The molecule has 2 aromatic carbocycles. The molecule has 30 heavy (non-hydrogen) atoms. The average molecular weight is 425 g/mol.